The lowest BCUT2D eigenvalue weighted by Gasteiger charge is -2.31. The van der Waals surface area contributed by atoms with Gasteiger partial charge in [0.1, 0.15) is 0 Å². The van der Waals surface area contributed by atoms with E-state index in [0.29, 0.717) is 45.2 Å². The summed E-state index contributed by atoms with van der Waals surface area (Å²) in [6.07, 6.45) is 1.58. The monoisotopic (exact) mass is 494 g/mol. The number of rotatable bonds is 7. The van der Waals surface area contributed by atoms with Gasteiger partial charge < -0.3 is 18.9 Å². The van der Waals surface area contributed by atoms with Gasteiger partial charge in [0.25, 0.3) is 0 Å². The molecule has 2 aromatic carbocycles. The highest BCUT2D eigenvalue weighted by Gasteiger charge is 2.37. The molecule has 0 saturated heterocycles. The summed E-state index contributed by atoms with van der Waals surface area (Å²) in [7, 11) is 1.56. The van der Waals surface area contributed by atoms with Crippen LogP contribution >= 0.6 is 11.8 Å². The van der Waals surface area contributed by atoms with E-state index in [2.05, 4.69) is 17.1 Å². The van der Waals surface area contributed by atoms with Crippen LogP contribution in [0.4, 0.5) is 5.69 Å². The fourth-order valence-corrected chi connectivity index (χ4v) is 4.89. The maximum atomic E-state index is 13.3. The van der Waals surface area contributed by atoms with Crippen LogP contribution in [0.15, 0.2) is 41.6 Å². The number of unbranched alkanes of at least 4 members (excludes halogenated alkanes) is 1. The van der Waals surface area contributed by atoms with Crippen LogP contribution < -0.4 is 23.8 Å². The van der Waals surface area contributed by atoms with E-state index >= 15 is 0 Å². The van der Waals surface area contributed by atoms with E-state index < -0.39 is 6.23 Å². The molecule has 5 rings (SSSR count). The van der Waals surface area contributed by atoms with Crippen molar-refractivity contribution < 1.29 is 23.7 Å². The highest BCUT2D eigenvalue weighted by molar-refractivity contribution is 7.99. The number of benzene rings is 2. The predicted molar refractivity (Wildman–Crippen MR) is 131 cm³/mol. The molecule has 2 aliphatic rings. The average molecular weight is 495 g/mol. The lowest BCUT2D eigenvalue weighted by Crippen LogP contribution is -2.37. The van der Waals surface area contributed by atoms with Crippen LogP contribution in [0.5, 0.6) is 23.1 Å². The predicted octanol–water partition coefficient (Wildman–Crippen LogP) is 5.00. The molecule has 10 heteroatoms. The van der Waals surface area contributed by atoms with Crippen molar-refractivity contribution in [3.63, 3.8) is 0 Å². The zero-order chi connectivity index (χ0) is 24.4. The number of carbonyl (C=O) groups is 1. The second kappa shape index (κ2) is 9.99. The molecule has 0 N–H and O–H groups in total. The Kier molecular flexibility index (Phi) is 6.63. The van der Waals surface area contributed by atoms with Gasteiger partial charge in [-0.1, -0.05) is 50.2 Å². The van der Waals surface area contributed by atoms with Crippen molar-refractivity contribution in [3.8, 4) is 34.4 Å². The lowest BCUT2D eigenvalue weighted by molar-refractivity contribution is -0.120. The summed E-state index contributed by atoms with van der Waals surface area (Å²) in [5.74, 6) is 2.64. The van der Waals surface area contributed by atoms with Crippen molar-refractivity contribution in [1.82, 2.24) is 15.2 Å². The Balaban J connectivity index is 1.67. The third kappa shape index (κ3) is 4.34. The molecule has 0 radical (unpaired) electrons. The van der Waals surface area contributed by atoms with E-state index in [1.807, 2.05) is 37.3 Å². The number of anilines is 1. The molecule has 0 unspecified atom stereocenters. The van der Waals surface area contributed by atoms with Gasteiger partial charge in [0.05, 0.1) is 12.8 Å². The SMILES string of the molecule is CCCCSc1nnc2c(n1)O[C@@H](c1cc(OC)c3c(c1)OCO3)N(C(=O)CC)c1ccccc1-2. The number of para-hydroxylation sites is 1. The van der Waals surface area contributed by atoms with E-state index in [9.17, 15) is 4.79 Å². The molecular weight excluding hydrogens is 468 g/mol. The Morgan fingerprint density at radius 1 is 1.20 bits per heavy atom. The van der Waals surface area contributed by atoms with Crippen LogP contribution in [0.2, 0.25) is 0 Å². The molecule has 0 spiro atoms. The first kappa shape index (κ1) is 23.2. The van der Waals surface area contributed by atoms with Crippen molar-refractivity contribution in [1.29, 1.82) is 0 Å². The smallest absolute Gasteiger partial charge is 0.247 e. The summed E-state index contributed by atoms with van der Waals surface area (Å²) in [6.45, 7) is 4.06. The minimum Gasteiger partial charge on any atom is -0.493 e. The average Bonchev–Trinajstić information content (AvgIpc) is 3.31. The van der Waals surface area contributed by atoms with Crippen molar-refractivity contribution in [2.24, 2.45) is 0 Å². The number of hydrogen-bond acceptors (Lipinski definition) is 9. The van der Waals surface area contributed by atoms with E-state index in [1.165, 1.54) is 11.8 Å². The molecule has 1 aromatic heterocycles. The van der Waals surface area contributed by atoms with Crippen LogP contribution in [-0.4, -0.2) is 40.7 Å². The summed E-state index contributed by atoms with van der Waals surface area (Å²) in [5.41, 5.74) is 2.55. The van der Waals surface area contributed by atoms with Crippen molar-refractivity contribution in [2.75, 3.05) is 24.6 Å². The fourth-order valence-electron chi connectivity index (χ4n) is 4.03. The van der Waals surface area contributed by atoms with Gasteiger partial charge in [-0.25, -0.2) is 0 Å². The quantitative estimate of drug-likeness (QED) is 0.332. The van der Waals surface area contributed by atoms with Crippen LogP contribution in [0.25, 0.3) is 11.3 Å². The number of hydrogen-bond donors (Lipinski definition) is 0. The van der Waals surface area contributed by atoms with Gasteiger partial charge in [0, 0.05) is 23.3 Å². The highest BCUT2D eigenvalue weighted by Crippen LogP contribution is 2.47. The Hall–Kier alpha value is -3.53. The van der Waals surface area contributed by atoms with Gasteiger partial charge in [-0.05, 0) is 24.6 Å². The zero-order valence-corrected chi connectivity index (χ0v) is 20.6. The number of fused-ring (bicyclic) bond motifs is 4. The highest BCUT2D eigenvalue weighted by atomic mass is 32.2. The van der Waals surface area contributed by atoms with Gasteiger partial charge in [-0.2, -0.15) is 4.98 Å². The Morgan fingerprint density at radius 3 is 2.86 bits per heavy atom. The van der Waals surface area contributed by atoms with Crippen LogP contribution in [-0.2, 0) is 4.79 Å². The number of carbonyl (C=O) groups excluding carboxylic acids is 1. The van der Waals surface area contributed by atoms with Gasteiger partial charge in [0.15, 0.2) is 17.2 Å². The van der Waals surface area contributed by atoms with Gasteiger partial charge in [0.2, 0.25) is 35.7 Å². The molecule has 0 aliphatic carbocycles. The minimum atomic E-state index is -0.835. The van der Waals surface area contributed by atoms with E-state index in [4.69, 9.17) is 23.9 Å². The van der Waals surface area contributed by atoms with Gasteiger partial charge in [-0.3, -0.25) is 9.69 Å². The second-order valence-corrected chi connectivity index (χ2v) is 9.07. The second-order valence-electron chi connectivity index (χ2n) is 8.01. The normalized spacial score (nSPS) is 15.6. The first-order chi connectivity index (χ1) is 17.1. The van der Waals surface area contributed by atoms with Crippen LogP contribution in [0, 0.1) is 0 Å². The van der Waals surface area contributed by atoms with Gasteiger partial charge >= 0.3 is 0 Å². The fraction of sp³-hybridized carbons (Fsp3) is 0.360. The van der Waals surface area contributed by atoms with Crippen molar-refractivity contribution >= 4 is 23.4 Å². The maximum Gasteiger partial charge on any atom is 0.247 e. The summed E-state index contributed by atoms with van der Waals surface area (Å²) < 4.78 is 23.2. The van der Waals surface area contributed by atoms with E-state index in [-0.39, 0.29) is 19.1 Å². The Bertz CT molecular complexity index is 1250. The summed E-state index contributed by atoms with van der Waals surface area (Å²) in [5, 5.41) is 9.34. The van der Waals surface area contributed by atoms with Crippen LogP contribution in [0.1, 0.15) is 44.9 Å². The number of amides is 1. The first-order valence-electron chi connectivity index (χ1n) is 11.6. The van der Waals surface area contributed by atoms with Crippen molar-refractivity contribution in [2.45, 2.75) is 44.5 Å². The molecule has 0 fully saturated rings. The molecule has 182 valence electrons. The number of methoxy groups -OCH3 is 1. The summed E-state index contributed by atoms with van der Waals surface area (Å²) in [4.78, 5) is 19.7. The number of aromatic nitrogens is 3. The minimum absolute atomic E-state index is 0.0967. The molecule has 1 atom stereocenters. The number of nitrogens with zero attached hydrogens (tertiary/aromatic N) is 4. The summed E-state index contributed by atoms with van der Waals surface area (Å²) in [6, 6.07) is 11.2. The topological polar surface area (TPSA) is 95.9 Å². The molecule has 35 heavy (non-hydrogen) atoms. The largest absolute Gasteiger partial charge is 0.493 e. The number of ether oxygens (including phenoxy) is 4. The molecular formula is C25H26N4O5S. The van der Waals surface area contributed by atoms with Gasteiger partial charge in [-0.15, -0.1) is 10.2 Å². The summed E-state index contributed by atoms with van der Waals surface area (Å²) >= 11 is 1.54. The van der Waals surface area contributed by atoms with Crippen LogP contribution in [0.3, 0.4) is 0 Å². The third-order valence-corrected chi connectivity index (χ3v) is 6.70. The molecule has 0 bridgehead atoms. The molecule has 3 aromatic rings. The zero-order valence-electron chi connectivity index (χ0n) is 19.8. The van der Waals surface area contributed by atoms with E-state index in [1.54, 1.807) is 18.1 Å². The molecule has 1 amide bonds. The maximum absolute atomic E-state index is 13.3. The Labute approximate surface area is 207 Å². The third-order valence-electron chi connectivity index (χ3n) is 5.78. The van der Waals surface area contributed by atoms with Crippen molar-refractivity contribution in [3.05, 3.63) is 42.0 Å². The standard InChI is InChI=1S/C25H26N4O5S/c1-4-6-11-35-25-26-23-21(27-28-25)16-9-7-8-10-17(16)29(20(30)5-2)24(34-23)15-12-18(31-3)22-19(13-15)32-14-33-22/h7-10,12-13,24H,4-6,11,14H2,1-3H3/t24-/m0/s1. The molecule has 3 heterocycles. The Morgan fingerprint density at radius 2 is 2.06 bits per heavy atom. The lowest BCUT2D eigenvalue weighted by atomic mass is 10.1. The first-order valence-corrected chi connectivity index (χ1v) is 12.6. The molecule has 0 saturated carbocycles. The number of thioether (sulfide) groups is 1. The molecule has 9 nitrogen and oxygen atoms in total. The molecule has 2 aliphatic heterocycles. The van der Waals surface area contributed by atoms with E-state index in [0.717, 1.165) is 24.2 Å².